The Hall–Kier alpha value is -2.27. The van der Waals surface area contributed by atoms with E-state index in [1.165, 1.54) is 11.6 Å². The van der Waals surface area contributed by atoms with Gasteiger partial charge in [0.05, 0.1) is 0 Å². The molecule has 138 valence electrons. The van der Waals surface area contributed by atoms with Gasteiger partial charge in [0.25, 0.3) is 8.32 Å². The zero-order valence-corrected chi connectivity index (χ0v) is 17.4. The number of aromatic nitrogens is 1. The molecule has 0 radical (unpaired) electrons. The Morgan fingerprint density at radius 2 is 1.65 bits per heavy atom. The molecule has 0 bridgehead atoms. The molecule has 0 saturated heterocycles. The summed E-state index contributed by atoms with van der Waals surface area (Å²) in [6.45, 7) is 10.7. The predicted octanol–water partition coefficient (Wildman–Crippen LogP) is 6.45. The first-order valence-corrected chi connectivity index (χ1v) is 11.8. The molecule has 0 atom stereocenters. The SMILES string of the molecule is Cn1ccc2cc(Nc3ccc(O[Si](C)(C)C(C)(C)C)c(F)c3)ccc21. The van der Waals surface area contributed by atoms with Crippen LogP contribution in [0.2, 0.25) is 18.1 Å². The number of hydrogen-bond acceptors (Lipinski definition) is 2. The molecule has 2 aromatic carbocycles. The maximum absolute atomic E-state index is 14.6. The Bertz CT molecular complexity index is 941. The first-order valence-electron chi connectivity index (χ1n) is 8.87. The molecule has 1 heterocycles. The van der Waals surface area contributed by atoms with Gasteiger partial charge in [-0.25, -0.2) is 4.39 Å². The number of nitrogens with one attached hydrogen (secondary N) is 1. The third-order valence-corrected chi connectivity index (χ3v) is 9.62. The Labute approximate surface area is 155 Å². The van der Waals surface area contributed by atoms with Crippen LogP contribution in [0, 0.1) is 5.82 Å². The molecular formula is C21H27FN2OSi. The fourth-order valence-corrected chi connectivity index (χ4v) is 3.64. The molecule has 0 aliphatic rings. The minimum Gasteiger partial charge on any atom is -0.542 e. The largest absolute Gasteiger partial charge is 0.542 e. The van der Waals surface area contributed by atoms with Gasteiger partial charge in [-0.3, -0.25) is 0 Å². The second kappa shape index (κ2) is 6.47. The number of aryl methyl sites for hydroxylation is 1. The highest BCUT2D eigenvalue weighted by Gasteiger charge is 2.39. The topological polar surface area (TPSA) is 26.2 Å². The molecule has 3 nitrogen and oxygen atoms in total. The van der Waals surface area contributed by atoms with Crippen LogP contribution < -0.4 is 9.74 Å². The highest BCUT2D eigenvalue weighted by molar-refractivity contribution is 6.74. The lowest BCUT2D eigenvalue weighted by molar-refractivity contribution is 0.457. The van der Waals surface area contributed by atoms with E-state index in [1.807, 2.05) is 25.4 Å². The lowest BCUT2D eigenvalue weighted by atomic mass is 10.2. The van der Waals surface area contributed by atoms with Crippen LogP contribution in [-0.4, -0.2) is 12.9 Å². The van der Waals surface area contributed by atoms with Crippen LogP contribution in [-0.2, 0) is 7.05 Å². The normalized spacial score (nSPS) is 12.4. The van der Waals surface area contributed by atoms with Gasteiger partial charge in [0, 0.05) is 41.6 Å². The monoisotopic (exact) mass is 370 g/mol. The summed E-state index contributed by atoms with van der Waals surface area (Å²) in [6, 6.07) is 13.3. The van der Waals surface area contributed by atoms with Crippen molar-refractivity contribution in [2.45, 2.75) is 38.9 Å². The van der Waals surface area contributed by atoms with Crippen molar-refractivity contribution in [1.29, 1.82) is 0 Å². The van der Waals surface area contributed by atoms with Crippen LogP contribution in [0.4, 0.5) is 15.8 Å². The average Bonchev–Trinajstić information content (AvgIpc) is 2.90. The standard InChI is InChI=1S/C21H27FN2OSi/c1-21(2,3)26(5,6)25-20-10-8-17(14-18(20)22)23-16-7-9-19-15(13-16)11-12-24(19)4/h7-14,23H,1-6H3. The molecule has 0 aliphatic carbocycles. The van der Waals surface area contributed by atoms with E-state index in [1.54, 1.807) is 6.07 Å². The maximum Gasteiger partial charge on any atom is 0.250 e. The number of fused-ring (bicyclic) bond motifs is 1. The van der Waals surface area contributed by atoms with Crippen LogP contribution >= 0.6 is 0 Å². The summed E-state index contributed by atoms with van der Waals surface area (Å²) >= 11 is 0. The molecule has 3 aromatic rings. The van der Waals surface area contributed by atoms with Gasteiger partial charge in [0.2, 0.25) is 0 Å². The van der Waals surface area contributed by atoms with Crippen LogP contribution in [0.25, 0.3) is 10.9 Å². The molecule has 1 N–H and O–H groups in total. The highest BCUT2D eigenvalue weighted by atomic mass is 28.4. The van der Waals surface area contributed by atoms with Crippen LogP contribution in [0.5, 0.6) is 5.75 Å². The number of rotatable bonds is 4. The molecular weight excluding hydrogens is 343 g/mol. The van der Waals surface area contributed by atoms with Gasteiger partial charge < -0.3 is 14.3 Å². The van der Waals surface area contributed by atoms with E-state index >= 15 is 0 Å². The second-order valence-corrected chi connectivity index (χ2v) is 13.1. The van der Waals surface area contributed by atoms with Gasteiger partial charge in [-0.05, 0) is 54.5 Å². The van der Waals surface area contributed by atoms with Gasteiger partial charge in [-0.1, -0.05) is 20.8 Å². The van der Waals surface area contributed by atoms with E-state index < -0.39 is 8.32 Å². The molecule has 3 rings (SSSR count). The molecule has 0 spiro atoms. The van der Waals surface area contributed by atoms with Crippen molar-refractivity contribution in [1.82, 2.24) is 4.57 Å². The van der Waals surface area contributed by atoms with E-state index in [9.17, 15) is 4.39 Å². The summed E-state index contributed by atoms with van der Waals surface area (Å²) in [4.78, 5) is 0. The average molecular weight is 371 g/mol. The van der Waals surface area contributed by atoms with Crippen LogP contribution in [0.1, 0.15) is 20.8 Å². The molecule has 0 fully saturated rings. The summed E-state index contributed by atoms with van der Waals surface area (Å²) in [6.07, 6.45) is 2.03. The van der Waals surface area contributed by atoms with Crippen molar-refractivity contribution in [2.24, 2.45) is 7.05 Å². The van der Waals surface area contributed by atoms with Crippen molar-refractivity contribution in [3.05, 3.63) is 54.5 Å². The third-order valence-electron chi connectivity index (χ3n) is 5.28. The van der Waals surface area contributed by atoms with Crippen LogP contribution in [0.3, 0.4) is 0 Å². The molecule has 5 heteroatoms. The van der Waals surface area contributed by atoms with E-state index in [2.05, 4.69) is 61.9 Å². The number of anilines is 2. The van der Waals surface area contributed by atoms with E-state index in [0.29, 0.717) is 11.4 Å². The van der Waals surface area contributed by atoms with Crippen molar-refractivity contribution in [3.63, 3.8) is 0 Å². The quantitative estimate of drug-likeness (QED) is 0.534. The number of hydrogen-bond donors (Lipinski definition) is 1. The van der Waals surface area contributed by atoms with Gasteiger partial charge in [0.1, 0.15) is 5.75 Å². The molecule has 0 unspecified atom stereocenters. The lowest BCUT2D eigenvalue weighted by Gasteiger charge is -2.36. The summed E-state index contributed by atoms with van der Waals surface area (Å²) in [7, 11) is -0.0398. The van der Waals surface area contributed by atoms with Gasteiger partial charge in [-0.15, -0.1) is 0 Å². The lowest BCUT2D eigenvalue weighted by Crippen LogP contribution is -2.44. The predicted molar refractivity (Wildman–Crippen MR) is 110 cm³/mol. The first kappa shape index (κ1) is 18.5. The molecule has 0 amide bonds. The Kier molecular flexibility index (Phi) is 4.61. The van der Waals surface area contributed by atoms with E-state index in [0.717, 1.165) is 11.1 Å². The van der Waals surface area contributed by atoms with Gasteiger partial charge in [0.15, 0.2) is 5.82 Å². The zero-order chi connectivity index (χ0) is 19.1. The summed E-state index contributed by atoms with van der Waals surface area (Å²) in [5.41, 5.74) is 2.81. The van der Waals surface area contributed by atoms with Crippen molar-refractivity contribution >= 4 is 30.6 Å². The molecule has 0 saturated carbocycles. The minimum absolute atomic E-state index is 0.0292. The summed E-state index contributed by atoms with van der Waals surface area (Å²) in [5.74, 6) is 0.00117. The Morgan fingerprint density at radius 1 is 1.00 bits per heavy atom. The second-order valence-electron chi connectivity index (χ2n) is 8.33. The number of benzene rings is 2. The number of nitrogens with zero attached hydrogens (tertiary/aromatic N) is 1. The maximum atomic E-state index is 14.6. The van der Waals surface area contributed by atoms with Crippen LogP contribution in [0.15, 0.2) is 48.7 Å². The Morgan fingerprint density at radius 3 is 2.31 bits per heavy atom. The fraction of sp³-hybridized carbons (Fsp3) is 0.333. The van der Waals surface area contributed by atoms with Crippen molar-refractivity contribution in [3.8, 4) is 5.75 Å². The van der Waals surface area contributed by atoms with E-state index in [-0.39, 0.29) is 10.9 Å². The minimum atomic E-state index is -2.06. The molecule has 1 aromatic heterocycles. The summed E-state index contributed by atoms with van der Waals surface area (Å²) < 4.78 is 22.8. The molecule has 26 heavy (non-hydrogen) atoms. The van der Waals surface area contributed by atoms with Crippen molar-refractivity contribution < 1.29 is 8.82 Å². The van der Waals surface area contributed by atoms with Gasteiger partial charge in [-0.2, -0.15) is 0 Å². The van der Waals surface area contributed by atoms with Gasteiger partial charge >= 0.3 is 0 Å². The first-order chi connectivity index (χ1) is 12.1. The fourth-order valence-electron chi connectivity index (χ4n) is 2.62. The highest BCUT2D eigenvalue weighted by Crippen LogP contribution is 2.38. The summed E-state index contributed by atoms with van der Waals surface area (Å²) in [5, 5.41) is 4.45. The van der Waals surface area contributed by atoms with Crippen molar-refractivity contribution in [2.75, 3.05) is 5.32 Å². The van der Waals surface area contributed by atoms with E-state index in [4.69, 9.17) is 4.43 Å². The number of halogens is 1. The zero-order valence-electron chi connectivity index (χ0n) is 16.4. The Balaban J connectivity index is 1.80. The smallest absolute Gasteiger partial charge is 0.250 e. The third kappa shape index (κ3) is 3.63. The molecule has 0 aliphatic heterocycles.